The first-order valence-electron chi connectivity index (χ1n) is 12.1. The van der Waals surface area contributed by atoms with E-state index in [1.54, 1.807) is 12.2 Å². The Morgan fingerprint density at radius 3 is 2.72 bits per heavy atom. The van der Waals surface area contributed by atoms with E-state index in [-0.39, 0.29) is 40.7 Å². The number of rotatable bonds is 6. The molecule has 6 atom stereocenters. The van der Waals surface area contributed by atoms with Gasteiger partial charge >= 0.3 is 5.97 Å². The van der Waals surface area contributed by atoms with E-state index in [1.807, 2.05) is 19.9 Å². The average molecular weight is 441 g/mol. The Kier molecular flexibility index (Phi) is 5.85. The van der Waals surface area contributed by atoms with Gasteiger partial charge in [0.15, 0.2) is 11.4 Å². The summed E-state index contributed by atoms with van der Waals surface area (Å²) < 4.78 is 6.12. The molecule has 4 aliphatic rings. The number of carbonyl (C=O) groups excluding carboxylic acids is 3. The van der Waals surface area contributed by atoms with Crippen LogP contribution < -0.4 is 0 Å². The molecule has 32 heavy (non-hydrogen) atoms. The van der Waals surface area contributed by atoms with E-state index in [1.165, 1.54) is 11.1 Å². The van der Waals surface area contributed by atoms with Crippen LogP contribution in [0, 0.1) is 28.6 Å². The Bertz CT molecular complexity index is 926. The van der Waals surface area contributed by atoms with Crippen molar-refractivity contribution in [3.63, 3.8) is 0 Å². The van der Waals surface area contributed by atoms with E-state index in [2.05, 4.69) is 19.9 Å². The highest BCUT2D eigenvalue weighted by Crippen LogP contribution is 2.67. The van der Waals surface area contributed by atoms with Crippen LogP contribution >= 0.6 is 0 Å². The number of esters is 1. The van der Waals surface area contributed by atoms with Crippen LogP contribution in [0.4, 0.5) is 0 Å². The van der Waals surface area contributed by atoms with E-state index in [0.717, 1.165) is 32.1 Å². The van der Waals surface area contributed by atoms with Crippen molar-refractivity contribution in [1.29, 1.82) is 0 Å². The normalized spacial score (nSPS) is 40.0. The van der Waals surface area contributed by atoms with Crippen LogP contribution in [-0.4, -0.2) is 34.9 Å². The minimum absolute atomic E-state index is 0.0539. The maximum atomic E-state index is 13.3. The molecule has 1 N–H and O–H groups in total. The van der Waals surface area contributed by atoms with E-state index in [9.17, 15) is 19.5 Å². The second-order valence-corrected chi connectivity index (χ2v) is 10.7. The Labute approximate surface area is 191 Å². The van der Waals surface area contributed by atoms with Crippen molar-refractivity contribution < 1.29 is 24.2 Å². The van der Waals surface area contributed by atoms with Gasteiger partial charge in [-0.2, -0.15) is 0 Å². The van der Waals surface area contributed by atoms with Crippen LogP contribution in [0.3, 0.4) is 0 Å². The van der Waals surface area contributed by atoms with Gasteiger partial charge in [-0.15, -0.1) is 0 Å². The maximum Gasteiger partial charge on any atom is 0.306 e. The van der Waals surface area contributed by atoms with Crippen LogP contribution in [0.25, 0.3) is 0 Å². The van der Waals surface area contributed by atoms with Crippen LogP contribution in [0.5, 0.6) is 0 Å². The third-order valence-electron chi connectivity index (χ3n) is 9.06. The highest BCUT2D eigenvalue weighted by atomic mass is 16.6. The van der Waals surface area contributed by atoms with Crippen LogP contribution in [-0.2, 0) is 19.1 Å². The number of Topliss-reactive ketones (excluding diaryl/α,β-unsaturated/α-hetero) is 1. The molecule has 0 amide bonds. The molecule has 0 aromatic carbocycles. The predicted molar refractivity (Wildman–Crippen MR) is 122 cm³/mol. The van der Waals surface area contributed by atoms with Gasteiger partial charge in [0.2, 0.25) is 5.78 Å². The minimum Gasteiger partial charge on any atom is -0.450 e. The standard InChI is InChI=1S/C27H36O5/c1-5-6-7-24(31)32-27(23(30)16-28)17(2)14-22-20-9-8-18-15-19(29)10-12-25(18,3)21(20)11-13-26(22,27)4/h10-12,15,17,20,22,28H,5-9,13-14,16H2,1-4H3. The van der Waals surface area contributed by atoms with E-state index >= 15 is 0 Å². The van der Waals surface area contributed by atoms with Gasteiger partial charge in [0, 0.05) is 23.2 Å². The van der Waals surface area contributed by atoms with Gasteiger partial charge < -0.3 is 9.84 Å². The summed E-state index contributed by atoms with van der Waals surface area (Å²) in [5.74, 6) is -0.383. The molecular weight excluding hydrogens is 404 g/mol. The molecule has 4 aliphatic carbocycles. The van der Waals surface area contributed by atoms with Crippen molar-refractivity contribution in [1.82, 2.24) is 0 Å². The van der Waals surface area contributed by atoms with Crippen LogP contribution in [0.15, 0.2) is 35.5 Å². The van der Waals surface area contributed by atoms with Crippen molar-refractivity contribution in [2.75, 3.05) is 6.61 Å². The summed E-state index contributed by atoms with van der Waals surface area (Å²) in [7, 11) is 0. The quantitative estimate of drug-likeness (QED) is 0.486. The summed E-state index contributed by atoms with van der Waals surface area (Å²) in [5.41, 5.74) is 0.387. The van der Waals surface area contributed by atoms with Crippen molar-refractivity contribution in [2.24, 2.45) is 28.6 Å². The summed E-state index contributed by atoms with van der Waals surface area (Å²) in [4.78, 5) is 38.1. The lowest BCUT2D eigenvalue weighted by atomic mass is 9.51. The fourth-order valence-electron chi connectivity index (χ4n) is 7.39. The van der Waals surface area contributed by atoms with E-state index in [4.69, 9.17) is 4.74 Å². The van der Waals surface area contributed by atoms with Gasteiger partial charge in [-0.1, -0.05) is 50.5 Å². The first-order valence-corrected chi connectivity index (χ1v) is 12.1. The number of fused-ring (bicyclic) bond motifs is 5. The SMILES string of the molecule is CCCCC(=O)OC1(C(=O)CO)C(C)CC2C3CCC4=CC(=O)C=CC4(C)C3=CCC21C. The second kappa shape index (κ2) is 8.09. The van der Waals surface area contributed by atoms with Crippen LogP contribution in [0.1, 0.15) is 72.6 Å². The lowest BCUT2D eigenvalue weighted by Gasteiger charge is -2.54. The highest BCUT2D eigenvalue weighted by molar-refractivity contribution is 6.01. The lowest BCUT2D eigenvalue weighted by molar-refractivity contribution is -0.190. The van der Waals surface area contributed by atoms with Crippen molar-refractivity contribution >= 4 is 17.5 Å². The number of unbranched alkanes of at least 4 members (excludes halogenated alkanes) is 1. The van der Waals surface area contributed by atoms with Gasteiger partial charge in [0.05, 0.1) is 0 Å². The fourth-order valence-corrected chi connectivity index (χ4v) is 7.39. The zero-order valence-electron chi connectivity index (χ0n) is 19.8. The average Bonchev–Trinajstić information content (AvgIpc) is 2.99. The Morgan fingerprint density at radius 2 is 2.03 bits per heavy atom. The topological polar surface area (TPSA) is 80.7 Å². The lowest BCUT2D eigenvalue weighted by Crippen LogP contribution is -2.60. The summed E-state index contributed by atoms with van der Waals surface area (Å²) in [5, 5.41) is 9.92. The predicted octanol–water partition coefficient (Wildman–Crippen LogP) is 4.49. The third kappa shape index (κ3) is 3.11. The zero-order chi connectivity index (χ0) is 23.3. The number of aliphatic hydroxyl groups excluding tert-OH is 1. The molecule has 2 saturated carbocycles. The van der Waals surface area contributed by atoms with Gasteiger partial charge in [-0.25, -0.2) is 0 Å². The summed E-state index contributed by atoms with van der Waals surface area (Å²) >= 11 is 0. The summed E-state index contributed by atoms with van der Waals surface area (Å²) in [6.07, 6.45) is 12.8. The molecule has 0 bridgehead atoms. The van der Waals surface area contributed by atoms with Gasteiger partial charge in [-0.05, 0) is 63.0 Å². The molecule has 5 heteroatoms. The molecular formula is C27H36O5. The molecule has 0 aliphatic heterocycles. The molecule has 6 unspecified atom stereocenters. The highest BCUT2D eigenvalue weighted by Gasteiger charge is 2.69. The molecule has 0 spiro atoms. The summed E-state index contributed by atoms with van der Waals surface area (Å²) in [6.45, 7) is 7.68. The molecule has 0 aromatic heterocycles. The van der Waals surface area contributed by atoms with E-state index in [0.29, 0.717) is 12.8 Å². The number of hydrogen-bond acceptors (Lipinski definition) is 5. The number of ketones is 2. The monoisotopic (exact) mass is 440 g/mol. The van der Waals surface area contributed by atoms with Gasteiger partial charge in [0.25, 0.3) is 0 Å². The molecule has 0 heterocycles. The minimum atomic E-state index is -1.30. The first kappa shape index (κ1) is 23.2. The van der Waals surface area contributed by atoms with Crippen LogP contribution in [0.2, 0.25) is 0 Å². The summed E-state index contributed by atoms with van der Waals surface area (Å²) in [6, 6.07) is 0. The Morgan fingerprint density at radius 1 is 1.28 bits per heavy atom. The Hall–Kier alpha value is -2.01. The molecule has 0 saturated heterocycles. The fraction of sp³-hybridized carbons (Fsp3) is 0.667. The number of carbonyl (C=O) groups is 3. The number of hydrogen-bond donors (Lipinski definition) is 1. The number of ether oxygens (including phenoxy) is 1. The molecule has 0 aromatic rings. The van der Waals surface area contributed by atoms with Gasteiger partial charge in [-0.3, -0.25) is 14.4 Å². The molecule has 0 radical (unpaired) electrons. The maximum absolute atomic E-state index is 13.3. The van der Waals surface area contributed by atoms with Crippen molar-refractivity contribution in [3.05, 3.63) is 35.5 Å². The molecule has 5 nitrogen and oxygen atoms in total. The number of aliphatic hydroxyl groups is 1. The second-order valence-electron chi connectivity index (χ2n) is 10.7. The van der Waals surface area contributed by atoms with Gasteiger partial charge in [0.1, 0.15) is 6.61 Å². The third-order valence-corrected chi connectivity index (χ3v) is 9.06. The Balaban J connectivity index is 1.76. The zero-order valence-corrected chi connectivity index (χ0v) is 19.8. The number of allylic oxidation sites excluding steroid dienone is 6. The molecule has 4 rings (SSSR count). The van der Waals surface area contributed by atoms with Crippen molar-refractivity contribution in [3.8, 4) is 0 Å². The van der Waals surface area contributed by atoms with Crippen molar-refractivity contribution in [2.45, 2.75) is 78.2 Å². The van der Waals surface area contributed by atoms with E-state index < -0.39 is 17.6 Å². The molecule has 174 valence electrons. The largest absolute Gasteiger partial charge is 0.450 e. The first-order chi connectivity index (χ1) is 15.1. The smallest absolute Gasteiger partial charge is 0.306 e. The molecule has 2 fully saturated rings.